The molecule has 102 valence electrons. The molecule has 0 aliphatic carbocycles. The minimum absolute atomic E-state index is 0.158. The van der Waals surface area contributed by atoms with Gasteiger partial charge in [0.25, 0.3) is 0 Å². The van der Waals surface area contributed by atoms with E-state index in [4.69, 9.17) is 0 Å². The van der Waals surface area contributed by atoms with Crippen LogP contribution in [0.2, 0.25) is 0 Å². The summed E-state index contributed by atoms with van der Waals surface area (Å²) in [5.41, 5.74) is 0.158. The van der Waals surface area contributed by atoms with E-state index in [0.29, 0.717) is 0 Å². The van der Waals surface area contributed by atoms with E-state index in [9.17, 15) is 0 Å². The lowest BCUT2D eigenvalue weighted by molar-refractivity contribution is 0.232. The van der Waals surface area contributed by atoms with Crippen LogP contribution in [0.15, 0.2) is 17.5 Å². The molecule has 2 aromatic rings. The number of fused-ring (bicyclic) bond motifs is 1. The van der Waals surface area contributed by atoms with Gasteiger partial charge >= 0.3 is 0 Å². The lowest BCUT2D eigenvalue weighted by Gasteiger charge is -2.34. The highest BCUT2D eigenvalue weighted by Gasteiger charge is 2.33. The standard InChI is InChI=1S/C14H20N4S/c1-14(2,3)12-13-17-16-11(18(13)7-6-15-12)9-10-5-4-8-19-10/h4-5,8,12,15H,6-7,9H2,1-3H3. The van der Waals surface area contributed by atoms with E-state index in [2.05, 4.69) is 58.4 Å². The van der Waals surface area contributed by atoms with Crippen molar-refractivity contribution < 1.29 is 0 Å². The van der Waals surface area contributed by atoms with Crippen LogP contribution in [0.1, 0.15) is 43.3 Å². The van der Waals surface area contributed by atoms with E-state index in [1.807, 2.05) is 0 Å². The molecule has 1 N–H and O–H groups in total. The van der Waals surface area contributed by atoms with Crippen molar-refractivity contribution in [2.75, 3.05) is 6.54 Å². The topological polar surface area (TPSA) is 42.7 Å². The van der Waals surface area contributed by atoms with Gasteiger partial charge in [0.05, 0.1) is 6.04 Å². The lowest BCUT2D eigenvalue weighted by atomic mass is 9.85. The van der Waals surface area contributed by atoms with Gasteiger partial charge in [-0.2, -0.15) is 0 Å². The number of thiophene rings is 1. The van der Waals surface area contributed by atoms with E-state index < -0.39 is 0 Å². The monoisotopic (exact) mass is 276 g/mol. The highest BCUT2D eigenvalue weighted by atomic mass is 32.1. The van der Waals surface area contributed by atoms with Crippen LogP contribution in [0.4, 0.5) is 0 Å². The van der Waals surface area contributed by atoms with E-state index in [1.165, 1.54) is 4.88 Å². The fraction of sp³-hybridized carbons (Fsp3) is 0.571. The zero-order valence-electron chi connectivity index (χ0n) is 11.7. The molecule has 0 spiro atoms. The van der Waals surface area contributed by atoms with Crippen LogP contribution in [0.25, 0.3) is 0 Å². The van der Waals surface area contributed by atoms with Crippen molar-refractivity contribution in [3.8, 4) is 0 Å². The largest absolute Gasteiger partial charge is 0.312 e. The second-order valence-electron chi connectivity index (χ2n) is 6.14. The van der Waals surface area contributed by atoms with Crippen molar-refractivity contribution in [2.45, 2.75) is 39.8 Å². The van der Waals surface area contributed by atoms with E-state index >= 15 is 0 Å². The van der Waals surface area contributed by atoms with Gasteiger partial charge < -0.3 is 9.88 Å². The summed E-state index contributed by atoms with van der Waals surface area (Å²) in [4.78, 5) is 1.35. The van der Waals surface area contributed by atoms with Crippen molar-refractivity contribution >= 4 is 11.3 Å². The minimum Gasteiger partial charge on any atom is -0.312 e. The molecule has 3 heterocycles. The Bertz CT molecular complexity index is 551. The van der Waals surface area contributed by atoms with Crippen molar-refractivity contribution in [1.82, 2.24) is 20.1 Å². The average molecular weight is 276 g/mol. The van der Waals surface area contributed by atoms with Crippen molar-refractivity contribution in [3.63, 3.8) is 0 Å². The Kier molecular flexibility index (Phi) is 3.19. The van der Waals surface area contributed by atoms with Gasteiger partial charge in [-0.05, 0) is 16.9 Å². The molecule has 1 unspecified atom stereocenters. The SMILES string of the molecule is CC(C)(C)C1NCCn2c(Cc3cccs3)nnc21. The summed E-state index contributed by atoms with van der Waals surface area (Å²) in [6.45, 7) is 8.69. The molecule has 0 fully saturated rings. The number of hydrogen-bond acceptors (Lipinski definition) is 4. The number of hydrogen-bond donors (Lipinski definition) is 1. The summed E-state index contributed by atoms with van der Waals surface area (Å²) >= 11 is 1.78. The molecule has 19 heavy (non-hydrogen) atoms. The first-order chi connectivity index (χ1) is 9.05. The highest BCUT2D eigenvalue weighted by Crippen LogP contribution is 2.33. The first kappa shape index (κ1) is 12.8. The van der Waals surface area contributed by atoms with E-state index in [0.717, 1.165) is 31.2 Å². The second kappa shape index (κ2) is 4.72. The molecular formula is C14H20N4S. The van der Waals surface area contributed by atoms with E-state index in [1.54, 1.807) is 11.3 Å². The number of nitrogens with zero attached hydrogens (tertiary/aromatic N) is 3. The molecule has 4 nitrogen and oxygen atoms in total. The summed E-state index contributed by atoms with van der Waals surface area (Å²) in [6.07, 6.45) is 0.890. The summed E-state index contributed by atoms with van der Waals surface area (Å²) in [5, 5.41) is 14.5. The molecular weight excluding hydrogens is 256 g/mol. The Hall–Kier alpha value is -1.20. The Morgan fingerprint density at radius 3 is 2.95 bits per heavy atom. The maximum Gasteiger partial charge on any atom is 0.150 e. The molecule has 1 aliphatic heterocycles. The molecule has 0 saturated heterocycles. The molecule has 3 rings (SSSR count). The van der Waals surface area contributed by atoms with Crippen LogP contribution < -0.4 is 5.32 Å². The molecule has 1 aliphatic rings. The third kappa shape index (κ3) is 2.44. The number of aromatic nitrogens is 3. The highest BCUT2D eigenvalue weighted by molar-refractivity contribution is 7.09. The first-order valence-electron chi connectivity index (χ1n) is 6.73. The van der Waals surface area contributed by atoms with Crippen LogP contribution in [-0.2, 0) is 13.0 Å². The molecule has 0 aromatic carbocycles. The number of rotatable bonds is 2. The van der Waals surface area contributed by atoms with Gasteiger partial charge in [-0.25, -0.2) is 0 Å². The second-order valence-corrected chi connectivity index (χ2v) is 7.17. The zero-order valence-corrected chi connectivity index (χ0v) is 12.5. The van der Waals surface area contributed by atoms with Gasteiger partial charge in [0, 0.05) is 24.4 Å². The lowest BCUT2D eigenvalue weighted by Crippen LogP contribution is -2.41. The van der Waals surface area contributed by atoms with Gasteiger partial charge in [0.15, 0.2) is 5.82 Å². The maximum absolute atomic E-state index is 4.44. The van der Waals surface area contributed by atoms with E-state index in [-0.39, 0.29) is 11.5 Å². The van der Waals surface area contributed by atoms with Gasteiger partial charge in [-0.1, -0.05) is 26.8 Å². The van der Waals surface area contributed by atoms with Crippen LogP contribution >= 0.6 is 11.3 Å². The van der Waals surface area contributed by atoms with Crippen molar-refractivity contribution in [2.24, 2.45) is 5.41 Å². The summed E-state index contributed by atoms with van der Waals surface area (Å²) in [7, 11) is 0. The normalized spacial score (nSPS) is 19.4. The maximum atomic E-state index is 4.44. The van der Waals surface area contributed by atoms with Gasteiger partial charge in [-0.3, -0.25) is 0 Å². The van der Waals surface area contributed by atoms with Gasteiger partial charge in [0.2, 0.25) is 0 Å². The molecule has 0 saturated carbocycles. The number of nitrogens with one attached hydrogen (secondary N) is 1. The smallest absolute Gasteiger partial charge is 0.150 e. The summed E-state index contributed by atoms with van der Waals surface area (Å²) < 4.78 is 2.30. The van der Waals surface area contributed by atoms with Gasteiger partial charge in [0.1, 0.15) is 5.82 Å². The third-order valence-corrected chi connectivity index (χ3v) is 4.45. The average Bonchev–Trinajstić information content (AvgIpc) is 2.98. The predicted octanol–water partition coefficient (Wildman–Crippen LogP) is 2.62. The van der Waals surface area contributed by atoms with Crippen LogP contribution in [-0.4, -0.2) is 21.3 Å². The van der Waals surface area contributed by atoms with Crippen molar-refractivity contribution in [1.29, 1.82) is 0 Å². The zero-order chi connectivity index (χ0) is 13.5. The third-order valence-electron chi connectivity index (χ3n) is 3.58. The molecule has 0 radical (unpaired) electrons. The van der Waals surface area contributed by atoms with Crippen molar-refractivity contribution in [3.05, 3.63) is 34.0 Å². The fourth-order valence-corrected chi connectivity index (χ4v) is 3.31. The van der Waals surface area contributed by atoms with Crippen LogP contribution in [0.3, 0.4) is 0 Å². The Morgan fingerprint density at radius 1 is 1.42 bits per heavy atom. The van der Waals surface area contributed by atoms with Gasteiger partial charge in [-0.15, -0.1) is 21.5 Å². The molecule has 1 atom stereocenters. The molecule has 2 aromatic heterocycles. The molecule has 0 bridgehead atoms. The molecule has 0 amide bonds. The Balaban J connectivity index is 1.92. The first-order valence-corrected chi connectivity index (χ1v) is 7.61. The predicted molar refractivity (Wildman–Crippen MR) is 77.3 cm³/mol. The Labute approximate surface area is 117 Å². The molecule has 5 heteroatoms. The van der Waals surface area contributed by atoms with Crippen LogP contribution in [0.5, 0.6) is 0 Å². The Morgan fingerprint density at radius 2 is 2.26 bits per heavy atom. The summed E-state index contributed by atoms with van der Waals surface area (Å²) in [5.74, 6) is 2.18. The quantitative estimate of drug-likeness (QED) is 0.917. The van der Waals surface area contributed by atoms with Crippen LogP contribution in [0, 0.1) is 5.41 Å². The fourth-order valence-electron chi connectivity index (χ4n) is 2.61. The summed E-state index contributed by atoms with van der Waals surface area (Å²) in [6, 6.07) is 4.53. The minimum atomic E-state index is 0.158.